The molecule has 27 heavy (non-hydrogen) atoms. The summed E-state index contributed by atoms with van der Waals surface area (Å²) in [6, 6.07) is 7.45. The zero-order valence-electron chi connectivity index (χ0n) is 15.3. The Morgan fingerprint density at radius 2 is 2.07 bits per heavy atom. The number of hydrogen-bond acceptors (Lipinski definition) is 6. The molecule has 0 unspecified atom stereocenters. The third-order valence-electron chi connectivity index (χ3n) is 4.75. The molecule has 1 aliphatic rings. The van der Waals surface area contributed by atoms with Gasteiger partial charge in [-0.1, -0.05) is 11.6 Å². The van der Waals surface area contributed by atoms with Gasteiger partial charge in [0.2, 0.25) is 5.95 Å². The van der Waals surface area contributed by atoms with Crippen LogP contribution < -0.4 is 21.1 Å². The Morgan fingerprint density at radius 3 is 2.78 bits per heavy atom. The minimum absolute atomic E-state index is 0.0443. The molecule has 0 saturated carbocycles. The average molecular weight is 385 g/mol. The first-order chi connectivity index (χ1) is 13.1. The molecule has 0 radical (unpaired) electrons. The molecular weight excluding hydrogens is 364 g/mol. The van der Waals surface area contributed by atoms with E-state index >= 15 is 0 Å². The summed E-state index contributed by atoms with van der Waals surface area (Å²) in [6.07, 6.45) is 2.78. The summed E-state index contributed by atoms with van der Waals surface area (Å²) in [7, 11) is 1.77. The molecule has 7 nitrogen and oxygen atoms in total. The van der Waals surface area contributed by atoms with Crippen LogP contribution in [0.2, 0.25) is 5.02 Å². The predicted molar refractivity (Wildman–Crippen MR) is 111 cm³/mol. The van der Waals surface area contributed by atoms with Gasteiger partial charge in [-0.3, -0.25) is 4.79 Å². The van der Waals surface area contributed by atoms with Gasteiger partial charge in [0.1, 0.15) is 5.02 Å². The zero-order chi connectivity index (χ0) is 19.0. The SMILES string of the molecule is CCNc1cc(=O)n(C)c2ccc(Nc3nc(N4CCC4)ncc3Cl)cc12. The summed E-state index contributed by atoms with van der Waals surface area (Å²) in [5.74, 6) is 1.26. The van der Waals surface area contributed by atoms with Crippen molar-refractivity contribution in [1.29, 1.82) is 0 Å². The molecule has 2 N–H and O–H groups in total. The second-order valence-electron chi connectivity index (χ2n) is 6.55. The molecule has 1 fully saturated rings. The summed E-state index contributed by atoms with van der Waals surface area (Å²) in [4.78, 5) is 23.1. The Balaban J connectivity index is 1.73. The van der Waals surface area contributed by atoms with E-state index in [1.165, 1.54) is 0 Å². The Kier molecular flexibility index (Phi) is 4.61. The van der Waals surface area contributed by atoms with Crippen LogP contribution in [0.4, 0.5) is 23.1 Å². The van der Waals surface area contributed by atoms with Crippen LogP contribution in [0, 0.1) is 0 Å². The monoisotopic (exact) mass is 384 g/mol. The van der Waals surface area contributed by atoms with Crippen LogP contribution in [0.15, 0.2) is 35.3 Å². The maximum atomic E-state index is 12.2. The maximum Gasteiger partial charge on any atom is 0.252 e. The predicted octanol–water partition coefficient (Wildman–Crippen LogP) is 3.37. The second-order valence-corrected chi connectivity index (χ2v) is 6.96. The first-order valence-electron chi connectivity index (χ1n) is 8.99. The Hall–Kier alpha value is -2.80. The fraction of sp³-hybridized carbons (Fsp3) is 0.316. The van der Waals surface area contributed by atoms with E-state index in [1.807, 2.05) is 25.1 Å². The van der Waals surface area contributed by atoms with E-state index in [2.05, 4.69) is 25.5 Å². The molecule has 2 aromatic heterocycles. The summed E-state index contributed by atoms with van der Waals surface area (Å²) < 4.78 is 1.64. The van der Waals surface area contributed by atoms with Crippen LogP contribution in [-0.4, -0.2) is 34.2 Å². The number of aryl methyl sites for hydroxylation is 1. The van der Waals surface area contributed by atoms with Crippen molar-refractivity contribution in [2.24, 2.45) is 7.05 Å². The fourth-order valence-corrected chi connectivity index (χ4v) is 3.26. The van der Waals surface area contributed by atoms with Gasteiger partial charge < -0.3 is 20.1 Å². The topological polar surface area (TPSA) is 75.1 Å². The van der Waals surface area contributed by atoms with Gasteiger partial charge in [0.25, 0.3) is 5.56 Å². The number of anilines is 4. The minimum atomic E-state index is -0.0443. The van der Waals surface area contributed by atoms with Gasteiger partial charge in [0.05, 0.1) is 11.7 Å². The lowest BCUT2D eigenvalue weighted by Crippen LogP contribution is -2.38. The molecule has 8 heteroatoms. The van der Waals surface area contributed by atoms with Crippen molar-refractivity contribution in [3.05, 3.63) is 45.8 Å². The van der Waals surface area contributed by atoms with Gasteiger partial charge >= 0.3 is 0 Å². The fourth-order valence-electron chi connectivity index (χ4n) is 3.13. The smallest absolute Gasteiger partial charge is 0.252 e. The molecule has 0 amide bonds. The van der Waals surface area contributed by atoms with Crippen LogP contribution in [-0.2, 0) is 7.05 Å². The number of hydrogen-bond donors (Lipinski definition) is 2. The average Bonchev–Trinajstić information content (AvgIpc) is 2.61. The number of halogens is 1. The van der Waals surface area contributed by atoms with Crippen molar-refractivity contribution in [2.75, 3.05) is 35.2 Å². The lowest BCUT2D eigenvalue weighted by Gasteiger charge is -2.31. The molecule has 4 rings (SSSR count). The van der Waals surface area contributed by atoms with E-state index in [0.29, 0.717) is 16.8 Å². The maximum absolute atomic E-state index is 12.2. The van der Waals surface area contributed by atoms with Crippen LogP contribution in [0.5, 0.6) is 0 Å². The van der Waals surface area contributed by atoms with Gasteiger partial charge in [-0.15, -0.1) is 0 Å². The van der Waals surface area contributed by atoms with Crippen molar-refractivity contribution in [3.63, 3.8) is 0 Å². The zero-order valence-corrected chi connectivity index (χ0v) is 16.0. The number of nitrogens with zero attached hydrogens (tertiary/aromatic N) is 4. The largest absolute Gasteiger partial charge is 0.385 e. The first-order valence-corrected chi connectivity index (χ1v) is 9.37. The molecule has 1 aromatic carbocycles. The first kappa shape index (κ1) is 17.6. The Morgan fingerprint density at radius 1 is 1.26 bits per heavy atom. The Labute approximate surface area is 162 Å². The van der Waals surface area contributed by atoms with Gasteiger partial charge in [-0.2, -0.15) is 4.98 Å². The van der Waals surface area contributed by atoms with Crippen molar-refractivity contribution < 1.29 is 0 Å². The molecule has 3 aromatic rings. The molecule has 0 atom stereocenters. The molecule has 1 aliphatic heterocycles. The standard InChI is InChI=1S/C19H21ClN6O/c1-3-21-15-10-17(27)25(2)16-6-5-12(9-13(15)16)23-18-14(20)11-22-19(24-18)26-7-4-8-26/h5-6,9-11,21H,3-4,7-8H2,1-2H3,(H,22,23,24). The number of fused-ring (bicyclic) bond motifs is 1. The van der Waals surface area contributed by atoms with Crippen molar-refractivity contribution in [1.82, 2.24) is 14.5 Å². The number of nitrogens with one attached hydrogen (secondary N) is 2. The van der Waals surface area contributed by atoms with Crippen molar-refractivity contribution in [2.45, 2.75) is 13.3 Å². The highest BCUT2D eigenvalue weighted by Crippen LogP contribution is 2.29. The molecule has 1 saturated heterocycles. The van der Waals surface area contributed by atoms with E-state index < -0.39 is 0 Å². The highest BCUT2D eigenvalue weighted by atomic mass is 35.5. The van der Waals surface area contributed by atoms with Gasteiger partial charge in [-0.05, 0) is 31.5 Å². The van der Waals surface area contributed by atoms with E-state index in [0.717, 1.165) is 48.3 Å². The molecule has 0 spiro atoms. The van der Waals surface area contributed by atoms with E-state index in [1.54, 1.807) is 23.9 Å². The van der Waals surface area contributed by atoms with Crippen LogP contribution in [0.1, 0.15) is 13.3 Å². The molecule has 0 aliphatic carbocycles. The minimum Gasteiger partial charge on any atom is -0.385 e. The van der Waals surface area contributed by atoms with Gasteiger partial charge in [0, 0.05) is 49.5 Å². The highest BCUT2D eigenvalue weighted by molar-refractivity contribution is 6.32. The summed E-state index contributed by atoms with van der Waals surface area (Å²) in [5, 5.41) is 7.97. The highest BCUT2D eigenvalue weighted by Gasteiger charge is 2.18. The third-order valence-corrected chi connectivity index (χ3v) is 5.02. The normalized spacial score (nSPS) is 13.5. The quantitative estimate of drug-likeness (QED) is 0.702. The number of pyridine rings is 1. The van der Waals surface area contributed by atoms with Crippen molar-refractivity contribution >= 4 is 45.6 Å². The molecule has 140 valence electrons. The number of benzene rings is 1. The Bertz CT molecular complexity index is 1060. The van der Waals surface area contributed by atoms with E-state index in [9.17, 15) is 4.79 Å². The summed E-state index contributed by atoms with van der Waals surface area (Å²) >= 11 is 6.29. The second kappa shape index (κ2) is 7.08. The lowest BCUT2D eigenvalue weighted by molar-refractivity contribution is 0.601. The van der Waals surface area contributed by atoms with Crippen LogP contribution >= 0.6 is 11.6 Å². The summed E-state index contributed by atoms with van der Waals surface area (Å²) in [6.45, 7) is 4.68. The molecular formula is C19H21ClN6O. The van der Waals surface area contributed by atoms with E-state index in [4.69, 9.17) is 11.6 Å². The third kappa shape index (κ3) is 3.30. The van der Waals surface area contributed by atoms with Crippen LogP contribution in [0.25, 0.3) is 10.9 Å². The van der Waals surface area contributed by atoms with Gasteiger partial charge in [0.15, 0.2) is 5.82 Å². The molecule has 0 bridgehead atoms. The lowest BCUT2D eigenvalue weighted by atomic mass is 10.1. The van der Waals surface area contributed by atoms with Crippen molar-refractivity contribution in [3.8, 4) is 0 Å². The number of rotatable bonds is 5. The van der Waals surface area contributed by atoms with E-state index in [-0.39, 0.29) is 5.56 Å². The number of aromatic nitrogens is 3. The van der Waals surface area contributed by atoms with Crippen LogP contribution in [0.3, 0.4) is 0 Å². The van der Waals surface area contributed by atoms with Gasteiger partial charge in [-0.25, -0.2) is 4.98 Å². The molecule has 3 heterocycles. The summed E-state index contributed by atoms with van der Waals surface area (Å²) in [5.41, 5.74) is 2.47.